The van der Waals surface area contributed by atoms with Crippen molar-refractivity contribution in [1.82, 2.24) is 10.2 Å². The number of hydrogen-bond acceptors (Lipinski definition) is 4. The summed E-state index contributed by atoms with van der Waals surface area (Å²) in [5, 5.41) is 2.89. The Morgan fingerprint density at radius 3 is 2.43 bits per heavy atom. The van der Waals surface area contributed by atoms with Crippen molar-refractivity contribution in [3.8, 4) is 0 Å². The van der Waals surface area contributed by atoms with Gasteiger partial charge in [-0.3, -0.25) is 9.10 Å². The van der Waals surface area contributed by atoms with Crippen molar-refractivity contribution in [2.75, 3.05) is 37.0 Å². The van der Waals surface area contributed by atoms with Gasteiger partial charge >= 0.3 is 0 Å². The molecule has 1 amide bonds. The topological polar surface area (TPSA) is 69.7 Å². The van der Waals surface area contributed by atoms with E-state index in [-0.39, 0.29) is 17.3 Å². The molecule has 1 N–H and O–H groups in total. The number of likely N-dealkylation sites (tertiary alicyclic amines) is 1. The monoisotopic (exact) mass is 429 g/mol. The maximum atomic E-state index is 13.3. The Morgan fingerprint density at radius 1 is 1.07 bits per heavy atom. The van der Waals surface area contributed by atoms with E-state index in [1.54, 1.807) is 36.4 Å². The van der Waals surface area contributed by atoms with Crippen molar-refractivity contribution in [1.29, 1.82) is 0 Å². The van der Waals surface area contributed by atoms with Crippen LogP contribution in [0.4, 0.5) is 5.69 Å². The zero-order valence-corrected chi connectivity index (χ0v) is 18.6. The number of amides is 1. The van der Waals surface area contributed by atoms with Gasteiger partial charge in [-0.1, -0.05) is 35.9 Å². The van der Waals surface area contributed by atoms with Gasteiger partial charge in [0.25, 0.3) is 10.0 Å². The van der Waals surface area contributed by atoms with Crippen LogP contribution in [0.1, 0.15) is 30.4 Å². The van der Waals surface area contributed by atoms with Gasteiger partial charge in [0.15, 0.2) is 0 Å². The molecule has 1 saturated heterocycles. The fourth-order valence-electron chi connectivity index (χ4n) is 3.83. The minimum atomic E-state index is -3.86. The fraction of sp³-hybridized carbons (Fsp3) is 0.435. The summed E-state index contributed by atoms with van der Waals surface area (Å²) in [4.78, 5) is 15.2. The maximum Gasteiger partial charge on any atom is 0.264 e. The molecule has 30 heavy (non-hydrogen) atoms. The standard InChI is InChI=1S/C23H31N3O3S/c1-19-11-12-22(20(2)17-19)26(30(28,29)21-9-4-3-5-10-21)18-23(27)24-13-8-16-25-14-6-7-15-25/h3-5,9-12,17H,6-8,13-16,18H2,1-2H3,(H,24,27). The van der Waals surface area contributed by atoms with E-state index >= 15 is 0 Å². The van der Waals surface area contributed by atoms with Gasteiger partial charge in [0, 0.05) is 6.54 Å². The van der Waals surface area contributed by atoms with Crippen molar-refractivity contribution < 1.29 is 13.2 Å². The highest BCUT2D eigenvalue weighted by molar-refractivity contribution is 7.92. The Hall–Kier alpha value is -2.38. The SMILES string of the molecule is Cc1ccc(N(CC(=O)NCCCN2CCCC2)S(=O)(=O)c2ccccc2)c(C)c1. The number of anilines is 1. The highest BCUT2D eigenvalue weighted by Gasteiger charge is 2.28. The third-order valence-electron chi connectivity index (χ3n) is 5.41. The lowest BCUT2D eigenvalue weighted by Gasteiger charge is -2.26. The second-order valence-electron chi connectivity index (χ2n) is 7.87. The van der Waals surface area contributed by atoms with Crippen LogP contribution in [0, 0.1) is 13.8 Å². The molecule has 2 aromatic carbocycles. The average molecular weight is 430 g/mol. The van der Waals surface area contributed by atoms with Gasteiger partial charge < -0.3 is 10.2 Å². The molecule has 1 heterocycles. The molecule has 2 aromatic rings. The minimum Gasteiger partial charge on any atom is -0.354 e. The van der Waals surface area contributed by atoms with E-state index in [2.05, 4.69) is 10.2 Å². The number of hydrogen-bond donors (Lipinski definition) is 1. The van der Waals surface area contributed by atoms with Crippen LogP contribution < -0.4 is 9.62 Å². The predicted octanol–water partition coefficient (Wildman–Crippen LogP) is 3.10. The number of carbonyl (C=O) groups is 1. The van der Waals surface area contributed by atoms with Crippen LogP contribution in [-0.4, -0.2) is 51.9 Å². The Labute approximate surface area is 179 Å². The minimum absolute atomic E-state index is 0.173. The van der Waals surface area contributed by atoms with Crippen molar-refractivity contribution in [3.05, 3.63) is 59.7 Å². The third-order valence-corrected chi connectivity index (χ3v) is 7.19. The fourth-order valence-corrected chi connectivity index (χ4v) is 5.33. The summed E-state index contributed by atoms with van der Waals surface area (Å²) >= 11 is 0. The molecule has 6 nitrogen and oxygen atoms in total. The largest absolute Gasteiger partial charge is 0.354 e. The van der Waals surface area contributed by atoms with E-state index in [4.69, 9.17) is 0 Å². The van der Waals surface area contributed by atoms with Gasteiger partial charge in [-0.25, -0.2) is 8.42 Å². The normalized spacial score (nSPS) is 14.6. The number of nitrogens with zero attached hydrogens (tertiary/aromatic N) is 2. The highest BCUT2D eigenvalue weighted by Crippen LogP contribution is 2.27. The lowest BCUT2D eigenvalue weighted by atomic mass is 10.1. The molecule has 1 fully saturated rings. The number of rotatable bonds is 9. The first-order valence-corrected chi connectivity index (χ1v) is 12.0. The van der Waals surface area contributed by atoms with Crippen molar-refractivity contribution >= 4 is 21.6 Å². The Kier molecular flexibility index (Phi) is 7.50. The van der Waals surface area contributed by atoms with E-state index in [1.165, 1.54) is 17.1 Å². The maximum absolute atomic E-state index is 13.3. The number of nitrogens with one attached hydrogen (secondary N) is 1. The summed E-state index contributed by atoms with van der Waals surface area (Å²) in [6.45, 7) is 7.34. The predicted molar refractivity (Wildman–Crippen MR) is 120 cm³/mol. The molecule has 0 aromatic heterocycles. The lowest BCUT2D eigenvalue weighted by molar-refractivity contribution is -0.119. The Balaban J connectivity index is 1.73. The van der Waals surface area contributed by atoms with Gasteiger partial charge in [-0.15, -0.1) is 0 Å². The molecule has 1 aliphatic heterocycles. The first-order valence-electron chi connectivity index (χ1n) is 10.5. The molecule has 0 spiro atoms. The van der Waals surface area contributed by atoms with Gasteiger partial charge in [0.2, 0.25) is 5.91 Å². The molecule has 0 bridgehead atoms. The average Bonchev–Trinajstić information content (AvgIpc) is 3.24. The van der Waals surface area contributed by atoms with Crippen molar-refractivity contribution in [3.63, 3.8) is 0 Å². The molecule has 3 rings (SSSR count). The summed E-state index contributed by atoms with van der Waals surface area (Å²) in [5.74, 6) is -0.295. The van der Waals surface area contributed by atoms with Gasteiger partial charge in [0.1, 0.15) is 6.54 Å². The first kappa shape index (κ1) is 22.3. The molecule has 162 valence electrons. The van der Waals surface area contributed by atoms with Crippen molar-refractivity contribution in [2.45, 2.75) is 38.0 Å². The van der Waals surface area contributed by atoms with Crippen LogP contribution >= 0.6 is 0 Å². The van der Waals surface area contributed by atoms with Crippen LogP contribution in [0.5, 0.6) is 0 Å². The molecule has 0 aliphatic carbocycles. The number of sulfonamides is 1. The summed E-state index contributed by atoms with van der Waals surface area (Å²) in [6.07, 6.45) is 3.35. The zero-order valence-electron chi connectivity index (χ0n) is 17.8. The molecule has 0 radical (unpaired) electrons. The quantitative estimate of drug-likeness (QED) is 0.622. The van der Waals surface area contributed by atoms with Gasteiger partial charge in [-0.05, 0) is 76.5 Å². The Morgan fingerprint density at radius 2 is 1.77 bits per heavy atom. The third kappa shape index (κ3) is 5.61. The van der Waals surface area contributed by atoms with E-state index in [0.717, 1.165) is 37.2 Å². The zero-order chi connectivity index (χ0) is 21.6. The van der Waals surface area contributed by atoms with Crippen LogP contribution in [0.2, 0.25) is 0 Å². The summed E-state index contributed by atoms with van der Waals surface area (Å²) in [6, 6.07) is 13.8. The molecular weight excluding hydrogens is 398 g/mol. The number of carbonyl (C=O) groups excluding carboxylic acids is 1. The second kappa shape index (κ2) is 10.1. The van der Waals surface area contributed by atoms with E-state index in [9.17, 15) is 13.2 Å². The second-order valence-corrected chi connectivity index (χ2v) is 9.73. The highest BCUT2D eigenvalue weighted by atomic mass is 32.2. The van der Waals surface area contributed by atoms with Crippen LogP contribution in [0.15, 0.2) is 53.4 Å². The summed E-state index contributed by atoms with van der Waals surface area (Å²) < 4.78 is 27.9. The molecule has 0 saturated carbocycles. The Bertz CT molecular complexity index is 955. The summed E-state index contributed by atoms with van der Waals surface area (Å²) in [7, 11) is -3.86. The first-order chi connectivity index (χ1) is 14.4. The lowest BCUT2D eigenvalue weighted by Crippen LogP contribution is -2.41. The van der Waals surface area contributed by atoms with Gasteiger partial charge in [0.05, 0.1) is 10.6 Å². The number of benzene rings is 2. The van der Waals surface area contributed by atoms with E-state index in [1.807, 2.05) is 26.0 Å². The van der Waals surface area contributed by atoms with Gasteiger partial charge in [-0.2, -0.15) is 0 Å². The van der Waals surface area contributed by atoms with E-state index < -0.39 is 10.0 Å². The molecule has 0 atom stereocenters. The smallest absolute Gasteiger partial charge is 0.264 e. The molecular formula is C23H31N3O3S. The van der Waals surface area contributed by atoms with Crippen LogP contribution in [0.3, 0.4) is 0 Å². The van der Waals surface area contributed by atoms with Crippen molar-refractivity contribution in [2.24, 2.45) is 0 Å². The van der Waals surface area contributed by atoms with E-state index in [0.29, 0.717) is 12.2 Å². The molecule has 1 aliphatic rings. The molecule has 7 heteroatoms. The van der Waals surface area contributed by atoms with Crippen LogP contribution in [0.25, 0.3) is 0 Å². The molecule has 0 unspecified atom stereocenters. The van der Waals surface area contributed by atoms with Crippen LogP contribution in [-0.2, 0) is 14.8 Å². The summed E-state index contributed by atoms with van der Waals surface area (Å²) in [5.41, 5.74) is 2.38. The number of aryl methyl sites for hydroxylation is 2.